The molecule has 2 rings (SSSR count). The lowest BCUT2D eigenvalue weighted by atomic mass is 9.82. The van der Waals surface area contributed by atoms with Crippen LogP contribution in [0.3, 0.4) is 0 Å². The Morgan fingerprint density at radius 3 is 2.71 bits per heavy atom. The number of aliphatic carboxylic acids is 1. The number of urea groups is 1. The van der Waals surface area contributed by atoms with E-state index < -0.39 is 21.2 Å². The quantitative estimate of drug-likeness (QED) is 0.780. The predicted octanol–water partition coefficient (Wildman–Crippen LogP) is 0.317. The highest BCUT2D eigenvalue weighted by Gasteiger charge is 2.39. The summed E-state index contributed by atoms with van der Waals surface area (Å²) in [5, 5.41) is 12.0. The third kappa shape index (κ3) is 3.87. The molecule has 0 bridgehead atoms. The molecule has 0 aromatic rings. The second-order valence-corrected chi connectivity index (χ2v) is 8.57. The van der Waals surface area contributed by atoms with Crippen LogP contribution in [0, 0.1) is 11.3 Å². The monoisotopic (exact) mass is 318 g/mol. The third-order valence-electron chi connectivity index (χ3n) is 4.37. The summed E-state index contributed by atoms with van der Waals surface area (Å²) in [7, 11) is -2.94. The van der Waals surface area contributed by atoms with Gasteiger partial charge < -0.3 is 15.3 Å². The van der Waals surface area contributed by atoms with Crippen LogP contribution in [-0.2, 0) is 14.6 Å². The molecule has 120 valence electrons. The Morgan fingerprint density at radius 2 is 2.14 bits per heavy atom. The maximum atomic E-state index is 12.1. The topological polar surface area (TPSA) is 104 Å². The van der Waals surface area contributed by atoms with Crippen molar-refractivity contribution in [3.05, 3.63) is 0 Å². The van der Waals surface area contributed by atoms with Crippen molar-refractivity contribution in [3.8, 4) is 0 Å². The summed E-state index contributed by atoms with van der Waals surface area (Å²) < 4.78 is 22.7. The molecule has 0 aliphatic carbocycles. The molecule has 0 saturated carbocycles. The van der Waals surface area contributed by atoms with Crippen molar-refractivity contribution < 1.29 is 23.1 Å². The molecule has 2 fully saturated rings. The van der Waals surface area contributed by atoms with E-state index in [9.17, 15) is 23.1 Å². The predicted molar refractivity (Wildman–Crippen MR) is 76.7 cm³/mol. The van der Waals surface area contributed by atoms with Crippen molar-refractivity contribution in [1.29, 1.82) is 0 Å². The first kappa shape index (κ1) is 16.1. The Hall–Kier alpha value is -1.31. The van der Waals surface area contributed by atoms with Crippen LogP contribution >= 0.6 is 0 Å². The molecule has 0 spiro atoms. The summed E-state index contributed by atoms with van der Waals surface area (Å²) >= 11 is 0. The molecule has 2 aliphatic heterocycles. The first-order valence-corrected chi connectivity index (χ1v) is 9.01. The van der Waals surface area contributed by atoms with Crippen LogP contribution in [0.5, 0.6) is 0 Å². The van der Waals surface area contributed by atoms with Gasteiger partial charge in [-0.15, -0.1) is 0 Å². The first-order chi connectivity index (χ1) is 9.72. The summed E-state index contributed by atoms with van der Waals surface area (Å²) in [6.45, 7) is 2.71. The molecule has 2 aliphatic rings. The third-order valence-corrected chi connectivity index (χ3v) is 6.21. The molecule has 0 radical (unpaired) electrons. The number of amides is 2. The van der Waals surface area contributed by atoms with Gasteiger partial charge in [0.25, 0.3) is 0 Å². The van der Waals surface area contributed by atoms with E-state index in [0.717, 1.165) is 0 Å². The Bertz CT molecular complexity index is 533. The SMILES string of the molecule is CC1(C(=O)O)CCCN(C(=O)NCC2CCS(=O)(=O)C2)C1. The Kier molecular flexibility index (Phi) is 4.46. The summed E-state index contributed by atoms with van der Waals surface area (Å²) in [6, 6.07) is -0.300. The highest BCUT2D eigenvalue weighted by Crippen LogP contribution is 2.29. The molecule has 21 heavy (non-hydrogen) atoms. The fourth-order valence-electron chi connectivity index (χ4n) is 2.96. The summed E-state index contributed by atoms with van der Waals surface area (Å²) in [6.07, 6.45) is 1.80. The average Bonchev–Trinajstić information content (AvgIpc) is 2.75. The molecule has 8 heteroatoms. The maximum Gasteiger partial charge on any atom is 0.317 e. The Labute approximate surface area is 124 Å². The number of carbonyl (C=O) groups is 2. The molecule has 2 unspecified atom stereocenters. The van der Waals surface area contributed by atoms with Gasteiger partial charge in [0.05, 0.1) is 16.9 Å². The molecular formula is C13H22N2O5S. The van der Waals surface area contributed by atoms with Crippen molar-refractivity contribution in [2.24, 2.45) is 11.3 Å². The van der Waals surface area contributed by atoms with E-state index in [1.54, 1.807) is 6.92 Å². The fourth-order valence-corrected chi connectivity index (χ4v) is 4.83. The van der Waals surface area contributed by atoms with Crippen molar-refractivity contribution >= 4 is 21.8 Å². The second-order valence-electron chi connectivity index (χ2n) is 6.35. The Balaban J connectivity index is 1.85. The molecule has 2 amide bonds. The molecule has 2 saturated heterocycles. The molecule has 2 N–H and O–H groups in total. The van der Waals surface area contributed by atoms with Crippen LogP contribution in [-0.4, -0.2) is 61.6 Å². The second kappa shape index (κ2) is 5.82. The first-order valence-electron chi connectivity index (χ1n) is 7.18. The smallest absolute Gasteiger partial charge is 0.317 e. The normalized spacial score (nSPS) is 31.9. The minimum atomic E-state index is -2.94. The summed E-state index contributed by atoms with van der Waals surface area (Å²) in [5.74, 6) is -0.606. The number of nitrogens with zero attached hydrogens (tertiary/aromatic N) is 1. The van der Waals surface area contributed by atoms with E-state index in [0.29, 0.717) is 32.4 Å². The summed E-state index contributed by atoms with van der Waals surface area (Å²) in [4.78, 5) is 24.9. The number of rotatable bonds is 3. The van der Waals surface area contributed by atoms with E-state index in [4.69, 9.17) is 0 Å². The number of nitrogens with one attached hydrogen (secondary N) is 1. The molecular weight excluding hydrogens is 296 g/mol. The van der Waals surface area contributed by atoms with Gasteiger partial charge in [0.2, 0.25) is 0 Å². The summed E-state index contributed by atoms with van der Waals surface area (Å²) in [5.41, 5.74) is -0.897. The number of hydrogen-bond donors (Lipinski definition) is 2. The van der Waals surface area contributed by atoms with Gasteiger partial charge >= 0.3 is 12.0 Å². The van der Waals surface area contributed by atoms with Gasteiger partial charge in [-0.3, -0.25) is 4.79 Å². The van der Waals surface area contributed by atoms with Gasteiger partial charge in [0, 0.05) is 19.6 Å². The van der Waals surface area contributed by atoms with Gasteiger partial charge in [-0.25, -0.2) is 13.2 Å². The zero-order chi connectivity index (χ0) is 15.7. The van der Waals surface area contributed by atoms with Crippen LogP contribution in [0.15, 0.2) is 0 Å². The zero-order valence-electron chi connectivity index (χ0n) is 12.2. The van der Waals surface area contributed by atoms with Crippen molar-refractivity contribution in [1.82, 2.24) is 10.2 Å². The van der Waals surface area contributed by atoms with E-state index >= 15 is 0 Å². The molecule has 0 aromatic carbocycles. The maximum absolute atomic E-state index is 12.1. The standard InChI is InChI=1S/C13H22N2O5S/c1-13(11(16)17)4-2-5-15(9-13)12(18)14-7-10-3-6-21(19,20)8-10/h10H,2-9H2,1H3,(H,14,18)(H,16,17). The number of likely N-dealkylation sites (tertiary alicyclic amines) is 1. The largest absolute Gasteiger partial charge is 0.481 e. The molecule has 7 nitrogen and oxygen atoms in total. The zero-order valence-corrected chi connectivity index (χ0v) is 13.0. The molecule has 2 heterocycles. The van der Waals surface area contributed by atoms with Gasteiger partial charge in [-0.2, -0.15) is 0 Å². The minimum absolute atomic E-state index is 0.0328. The van der Waals surface area contributed by atoms with Gasteiger partial charge in [-0.05, 0) is 32.1 Å². The van der Waals surface area contributed by atoms with Crippen molar-refractivity contribution in [2.75, 3.05) is 31.1 Å². The number of hydrogen-bond acceptors (Lipinski definition) is 4. The van der Waals surface area contributed by atoms with E-state index in [2.05, 4.69) is 5.32 Å². The van der Waals surface area contributed by atoms with E-state index in [1.807, 2.05) is 0 Å². The lowest BCUT2D eigenvalue weighted by molar-refractivity contribution is -0.150. The fraction of sp³-hybridized carbons (Fsp3) is 0.846. The van der Waals surface area contributed by atoms with Crippen molar-refractivity contribution in [3.63, 3.8) is 0 Å². The number of sulfone groups is 1. The minimum Gasteiger partial charge on any atom is -0.481 e. The van der Waals surface area contributed by atoms with Crippen molar-refractivity contribution in [2.45, 2.75) is 26.2 Å². The molecule has 0 aromatic heterocycles. The molecule has 2 atom stereocenters. The van der Waals surface area contributed by atoms with Crippen LogP contribution in [0.25, 0.3) is 0 Å². The van der Waals surface area contributed by atoms with Crippen LogP contribution in [0.2, 0.25) is 0 Å². The van der Waals surface area contributed by atoms with Crippen LogP contribution in [0.1, 0.15) is 26.2 Å². The highest BCUT2D eigenvalue weighted by molar-refractivity contribution is 7.91. The van der Waals surface area contributed by atoms with Gasteiger partial charge in [0.15, 0.2) is 9.84 Å². The number of piperidine rings is 1. The lowest BCUT2D eigenvalue weighted by Crippen LogP contribution is -2.52. The number of carboxylic acid groups (broad SMARTS) is 1. The van der Waals surface area contributed by atoms with E-state index in [-0.39, 0.29) is 30.0 Å². The number of carboxylic acids is 1. The van der Waals surface area contributed by atoms with Crippen LogP contribution < -0.4 is 5.32 Å². The van der Waals surface area contributed by atoms with Gasteiger partial charge in [-0.1, -0.05) is 0 Å². The number of carbonyl (C=O) groups excluding carboxylic acids is 1. The Morgan fingerprint density at radius 1 is 1.43 bits per heavy atom. The van der Waals surface area contributed by atoms with Gasteiger partial charge in [0.1, 0.15) is 0 Å². The lowest BCUT2D eigenvalue weighted by Gasteiger charge is -2.37. The van der Waals surface area contributed by atoms with Crippen LogP contribution in [0.4, 0.5) is 4.79 Å². The average molecular weight is 318 g/mol. The van der Waals surface area contributed by atoms with E-state index in [1.165, 1.54) is 4.90 Å². The highest BCUT2D eigenvalue weighted by atomic mass is 32.2.